The minimum Gasteiger partial charge on any atom is -0.497 e. The number of methoxy groups -OCH3 is 1. The van der Waals surface area contributed by atoms with Gasteiger partial charge in [-0.3, -0.25) is 9.69 Å². The predicted molar refractivity (Wildman–Crippen MR) is 95.2 cm³/mol. The Morgan fingerprint density at radius 3 is 2.40 bits per heavy atom. The lowest BCUT2D eigenvalue weighted by Gasteiger charge is -2.36. The Kier molecular flexibility index (Phi) is 5.41. The number of rotatable bonds is 4. The van der Waals surface area contributed by atoms with Crippen LogP contribution in [-0.2, 0) is 0 Å². The highest BCUT2D eigenvalue weighted by Crippen LogP contribution is 2.24. The summed E-state index contributed by atoms with van der Waals surface area (Å²) in [5.74, 6) is 0.969. The first-order chi connectivity index (χ1) is 12.1. The van der Waals surface area contributed by atoms with E-state index in [9.17, 15) is 10.1 Å². The Bertz CT molecular complexity index is 774. The fourth-order valence-corrected chi connectivity index (χ4v) is 3.23. The molecule has 1 aliphatic rings. The number of amides is 1. The second kappa shape index (κ2) is 7.72. The van der Waals surface area contributed by atoms with Crippen molar-refractivity contribution in [2.75, 3.05) is 33.3 Å². The summed E-state index contributed by atoms with van der Waals surface area (Å²) in [5.41, 5.74) is 0.929. The molecule has 0 radical (unpaired) electrons. The van der Waals surface area contributed by atoms with E-state index >= 15 is 0 Å². The molecule has 0 saturated carbocycles. The molecule has 0 aliphatic carbocycles. The summed E-state index contributed by atoms with van der Waals surface area (Å²) in [6.07, 6.45) is 0. The number of halogens is 1. The molecule has 3 rings (SSSR count). The third-order valence-corrected chi connectivity index (χ3v) is 4.73. The van der Waals surface area contributed by atoms with E-state index in [0.717, 1.165) is 11.3 Å². The van der Waals surface area contributed by atoms with E-state index in [4.69, 9.17) is 9.15 Å². The first-order valence-corrected chi connectivity index (χ1v) is 8.74. The van der Waals surface area contributed by atoms with Crippen LogP contribution in [0.15, 0.2) is 45.5 Å². The van der Waals surface area contributed by atoms with Crippen molar-refractivity contribution in [3.63, 3.8) is 0 Å². The van der Waals surface area contributed by atoms with Gasteiger partial charge in [0.05, 0.1) is 13.2 Å². The lowest BCUT2D eigenvalue weighted by atomic mass is 10.1. The molecule has 1 aromatic heterocycles. The molecule has 0 spiro atoms. The number of hydrogen-bond acceptors (Lipinski definition) is 5. The van der Waals surface area contributed by atoms with Crippen LogP contribution in [-0.4, -0.2) is 49.0 Å². The number of ether oxygens (including phenoxy) is 1. The van der Waals surface area contributed by atoms with Gasteiger partial charge in [0.25, 0.3) is 5.91 Å². The van der Waals surface area contributed by atoms with Crippen LogP contribution < -0.4 is 4.74 Å². The second-order valence-electron chi connectivity index (χ2n) is 5.74. The van der Waals surface area contributed by atoms with E-state index in [1.165, 1.54) is 0 Å². The van der Waals surface area contributed by atoms with Crippen molar-refractivity contribution in [1.82, 2.24) is 9.80 Å². The zero-order valence-corrected chi connectivity index (χ0v) is 15.4. The Hall–Kier alpha value is -2.30. The van der Waals surface area contributed by atoms with Gasteiger partial charge in [-0.25, -0.2) is 0 Å². The molecule has 0 bridgehead atoms. The lowest BCUT2D eigenvalue weighted by molar-refractivity contribution is 0.0575. The number of piperazine rings is 1. The quantitative estimate of drug-likeness (QED) is 0.784. The average molecular weight is 404 g/mol. The zero-order chi connectivity index (χ0) is 17.8. The minimum atomic E-state index is -0.332. The van der Waals surface area contributed by atoms with Crippen molar-refractivity contribution in [1.29, 1.82) is 5.26 Å². The summed E-state index contributed by atoms with van der Waals surface area (Å²) in [5, 5.41) is 9.59. The molecule has 1 aliphatic heterocycles. The van der Waals surface area contributed by atoms with Gasteiger partial charge >= 0.3 is 0 Å². The van der Waals surface area contributed by atoms with Crippen LogP contribution in [0.3, 0.4) is 0 Å². The van der Waals surface area contributed by atoms with Crippen LogP contribution in [0.2, 0.25) is 0 Å². The first kappa shape index (κ1) is 17.5. The van der Waals surface area contributed by atoms with Crippen molar-refractivity contribution in [3.8, 4) is 11.8 Å². The molecule has 130 valence electrons. The molecule has 1 saturated heterocycles. The number of carbonyl (C=O) groups excluding carboxylic acids is 1. The third-order valence-electron chi connectivity index (χ3n) is 4.30. The average Bonchev–Trinajstić information content (AvgIpc) is 3.09. The molecular formula is C18H18BrN3O3. The monoisotopic (exact) mass is 403 g/mol. The molecule has 1 fully saturated rings. The first-order valence-electron chi connectivity index (χ1n) is 7.94. The highest BCUT2D eigenvalue weighted by atomic mass is 79.9. The number of benzene rings is 1. The molecule has 2 aromatic rings. The van der Waals surface area contributed by atoms with Gasteiger partial charge in [-0.15, -0.1) is 0 Å². The summed E-state index contributed by atoms with van der Waals surface area (Å²) in [7, 11) is 1.62. The Morgan fingerprint density at radius 1 is 1.20 bits per heavy atom. The van der Waals surface area contributed by atoms with Gasteiger partial charge in [0.2, 0.25) is 0 Å². The molecular weight excluding hydrogens is 386 g/mol. The van der Waals surface area contributed by atoms with E-state index in [1.54, 1.807) is 24.1 Å². The number of furan rings is 1. The van der Waals surface area contributed by atoms with E-state index in [1.807, 2.05) is 24.3 Å². The highest BCUT2D eigenvalue weighted by Gasteiger charge is 2.28. The zero-order valence-electron chi connectivity index (χ0n) is 13.8. The van der Waals surface area contributed by atoms with Gasteiger partial charge in [-0.2, -0.15) is 5.26 Å². The molecule has 1 unspecified atom stereocenters. The Balaban J connectivity index is 1.64. The van der Waals surface area contributed by atoms with Crippen LogP contribution in [0.4, 0.5) is 0 Å². The predicted octanol–water partition coefficient (Wildman–Crippen LogP) is 3.07. The molecule has 1 aromatic carbocycles. The number of nitriles is 1. The van der Waals surface area contributed by atoms with Crippen LogP contribution in [0.1, 0.15) is 22.2 Å². The summed E-state index contributed by atoms with van der Waals surface area (Å²) >= 11 is 3.21. The van der Waals surface area contributed by atoms with Gasteiger partial charge in [-0.1, -0.05) is 12.1 Å². The van der Waals surface area contributed by atoms with Crippen molar-refractivity contribution >= 4 is 21.8 Å². The molecule has 1 amide bonds. The second-order valence-corrected chi connectivity index (χ2v) is 6.52. The van der Waals surface area contributed by atoms with Gasteiger partial charge in [0.15, 0.2) is 10.4 Å². The molecule has 2 heterocycles. The van der Waals surface area contributed by atoms with Crippen molar-refractivity contribution in [2.45, 2.75) is 6.04 Å². The largest absolute Gasteiger partial charge is 0.497 e. The number of hydrogen-bond donors (Lipinski definition) is 0. The van der Waals surface area contributed by atoms with Crippen LogP contribution >= 0.6 is 15.9 Å². The fourth-order valence-electron chi connectivity index (χ4n) is 2.92. The molecule has 25 heavy (non-hydrogen) atoms. The van der Waals surface area contributed by atoms with Crippen molar-refractivity contribution < 1.29 is 13.9 Å². The third kappa shape index (κ3) is 3.86. The van der Waals surface area contributed by atoms with Crippen LogP contribution in [0, 0.1) is 11.3 Å². The maximum Gasteiger partial charge on any atom is 0.289 e. The van der Waals surface area contributed by atoms with Gasteiger partial charge in [0, 0.05) is 26.2 Å². The summed E-state index contributed by atoms with van der Waals surface area (Å²) in [6.45, 7) is 2.40. The highest BCUT2D eigenvalue weighted by molar-refractivity contribution is 9.10. The summed E-state index contributed by atoms with van der Waals surface area (Å²) in [4.78, 5) is 16.3. The lowest BCUT2D eigenvalue weighted by Crippen LogP contribution is -2.49. The minimum absolute atomic E-state index is 0.122. The maximum absolute atomic E-state index is 12.4. The van der Waals surface area contributed by atoms with E-state index in [-0.39, 0.29) is 11.9 Å². The fraction of sp³-hybridized carbons (Fsp3) is 0.333. The van der Waals surface area contributed by atoms with E-state index in [2.05, 4.69) is 26.9 Å². The van der Waals surface area contributed by atoms with Crippen molar-refractivity contribution in [2.24, 2.45) is 0 Å². The smallest absolute Gasteiger partial charge is 0.289 e. The van der Waals surface area contributed by atoms with E-state index in [0.29, 0.717) is 36.6 Å². The molecule has 1 atom stereocenters. The maximum atomic E-state index is 12.4. The van der Waals surface area contributed by atoms with E-state index < -0.39 is 0 Å². The number of carbonyl (C=O) groups is 1. The van der Waals surface area contributed by atoms with Gasteiger partial charge in [0.1, 0.15) is 11.8 Å². The standard InChI is InChI=1S/C18H18BrN3O3/c1-24-14-4-2-13(3-5-14)15(12-20)21-8-10-22(11-9-21)18(23)16-6-7-17(19)25-16/h2-7,15H,8-11H2,1H3. The molecule has 6 nitrogen and oxygen atoms in total. The summed E-state index contributed by atoms with van der Waals surface area (Å²) in [6, 6.07) is 12.9. The molecule has 0 N–H and O–H groups in total. The van der Waals surface area contributed by atoms with Crippen LogP contribution in [0.5, 0.6) is 5.75 Å². The molecule has 7 heteroatoms. The number of nitrogens with zero attached hydrogens (tertiary/aromatic N) is 3. The van der Waals surface area contributed by atoms with Crippen LogP contribution in [0.25, 0.3) is 0 Å². The van der Waals surface area contributed by atoms with Crippen molar-refractivity contribution in [3.05, 3.63) is 52.4 Å². The topological polar surface area (TPSA) is 69.7 Å². The normalized spacial score (nSPS) is 16.3. The Morgan fingerprint density at radius 2 is 1.88 bits per heavy atom. The van der Waals surface area contributed by atoms with Gasteiger partial charge < -0.3 is 14.1 Å². The van der Waals surface area contributed by atoms with Gasteiger partial charge in [-0.05, 0) is 45.8 Å². The Labute approximate surface area is 154 Å². The SMILES string of the molecule is COc1ccc(C(C#N)N2CCN(C(=O)c3ccc(Br)o3)CC2)cc1. The summed E-state index contributed by atoms with van der Waals surface area (Å²) < 4.78 is 11.0.